The molecule has 1 aliphatic heterocycles. The molecule has 0 saturated heterocycles. The molecule has 5 nitrogen and oxygen atoms in total. The third-order valence-electron chi connectivity index (χ3n) is 5.38. The molecule has 3 atom stereocenters. The molecule has 1 heterocycles. The van der Waals surface area contributed by atoms with E-state index in [0.29, 0.717) is 12.1 Å². The Hall–Kier alpha value is -2.66. The molecule has 0 fully saturated rings. The van der Waals surface area contributed by atoms with Gasteiger partial charge < -0.3 is 15.3 Å². The fourth-order valence-electron chi connectivity index (χ4n) is 3.51. The second-order valence-electron chi connectivity index (χ2n) is 7.09. The molecule has 0 aliphatic carbocycles. The van der Waals surface area contributed by atoms with Gasteiger partial charge in [-0.05, 0) is 23.1 Å². The molecule has 0 spiro atoms. The van der Waals surface area contributed by atoms with Crippen LogP contribution in [-0.2, 0) is 11.3 Å². The average Bonchev–Trinajstić information content (AvgIpc) is 3.03. The summed E-state index contributed by atoms with van der Waals surface area (Å²) in [7, 11) is 0. The minimum absolute atomic E-state index is 0.129. The van der Waals surface area contributed by atoms with Crippen LogP contribution in [0.3, 0.4) is 0 Å². The van der Waals surface area contributed by atoms with Gasteiger partial charge in [0, 0.05) is 12.1 Å². The Morgan fingerprint density at radius 3 is 2.44 bits per heavy atom. The van der Waals surface area contributed by atoms with E-state index in [4.69, 9.17) is 0 Å². The van der Waals surface area contributed by atoms with Crippen molar-refractivity contribution in [3.05, 3.63) is 71.3 Å². The number of benzene rings is 2. The Balaban J connectivity index is 1.91. The lowest BCUT2D eigenvalue weighted by Crippen LogP contribution is -2.48. The zero-order chi connectivity index (χ0) is 19.4. The first-order chi connectivity index (χ1) is 13.1. The third kappa shape index (κ3) is 3.88. The van der Waals surface area contributed by atoms with Crippen LogP contribution in [0.1, 0.15) is 47.8 Å². The lowest BCUT2D eigenvalue weighted by atomic mass is 9.98. The maximum absolute atomic E-state index is 13.2. The molecule has 5 heteroatoms. The second-order valence-corrected chi connectivity index (χ2v) is 7.09. The summed E-state index contributed by atoms with van der Waals surface area (Å²) < 4.78 is 0. The van der Waals surface area contributed by atoms with Crippen LogP contribution in [-0.4, -0.2) is 34.5 Å². The Morgan fingerprint density at radius 1 is 1.15 bits per heavy atom. The van der Waals surface area contributed by atoms with Gasteiger partial charge in [0.2, 0.25) is 5.91 Å². The molecule has 3 rings (SSSR count). The summed E-state index contributed by atoms with van der Waals surface area (Å²) in [4.78, 5) is 27.8. The van der Waals surface area contributed by atoms with Gasteiger partial charge in [0.25, 0.3) is 5.91 Å². The van der Waals surface area contributed by atoms with Gasteiger partial charge in [-0.2, -0.15) is 0 Å². The van der Waals surface area contributed by atoms with Crippen molar-refractivity contribution in [1.82, 2.24) is 10.2 Å². The van der Waals surface area contributed by atoms with E-state index in [1.807, 2.05) is 62.4 Å². The molecule has 2 aromatic carbocycles. The zero-order valence-corrected chi connectivity index (χ0v) is 15.8. The van der Waals surface area contributed by atoms with E-state index in [2.05, 4.69) is 5.32 Å². The molecule has 0 radical (unpaired) electrons. The molecule has 2 N–H and O–H groups in total. The van der Waals surface area contributed by atoms with Crippen LogP contribution in [0, 0.1) is 5.92 Å². The van der Waals surface area contributed by atoms with Gasteiger partial charge in [-0.15, -0.1) is 0 Å². The molecule has 1 aliphatic rings. The highest BCUT2D eigenvalue weighted by molar-refractivity contribution is 6.01. The van der Waals surface area contributed by atoms with Gasteiger partial charge in [0.1, 0.15) is 6.04 Å². The predicted molar refractivity (Wildman–Crippen MR) is 104 cm³/mol. The van der Waals surface area contributed by atoms with E-state index >= 15 is 0 Å². The Morgan fingerprint density at radius 2 is 1.81 bits per heavy atom. The number of aliphatic hydroxyl groups is 1. The topological polar surface area (TPSA) is 69.6 Å². The second kappa shape index (κ2) is 8.35. The lowest BCUT2D eigenvalue weighted by molar-refractivity contribution is -0.127. The van der Waals surface area contributed by atoms with Crippen LogP contribution in [0.4, 0.5) is 0 Å². The fourth-order valence-corrected chi connectivity index (χ4v) is 3.51. The normalized spacial score (nSPS) is 16.6. The first-order valence-electron chi connectivity index (χ1n) is 9.41. The summed E-state index contributed by atoms with van der Waals surface area (Å²) in [5.74, 6) is -0.262. The third-order valence-corrected chi connectivity index (χ3v) is 5.38. The minimum atomic E-state index is -0.732. The van der Waals surface area contributed by atoms with Crippen LogP contribution >= 0.6 is 0 Å². The summed E-state index contributed by atoms with van der Waals surface area (Å²) in [6.07, 6.45) is 0.843. The number of nitrogens with zero attached hydrogens (tertiary/aromatic N) is 1. The number of hydrogen-bond acceptors (Lipinski definition) is 3. The molecule has 142 valence electrons. The quantitative estimate of drug-likeness (QED) is 0.792. The molecule has 0 bridgehead atoms. The standard InChI is InChI=1S/C22H26N2O3/c1-3-15(2)19(14-25)23-21(26)20(16-9-5-4-6-10-16)24-13-17-11-7-8-12-18(17)22(24)27/h4-12,15,19-20,25H,3,13-14H2,1-2H3,(H,23,26). The summed E-state index contributed by atoms with van der Waals surface area (Å²) in [5, 5.41) is 12.7. The highest BCUT2D eigenvalue weighted by atomic mass is 16.3. The van der Waals surface area contributed by atoms with Crippen molar-refractivity contribution in [2.24, 2.45) is 5.92 Å². The van der Waals surface area contributed by atoms with E-state index in [-0.39, 0.29) is 30.4 Å². The Kier molecular flexibility index (Phi) is 5.91. The maximum Gasteiger partial charge on any atom is 0.255 e. The highest BCUT2D eigenvalue weighted by Crippen LogP contribution is 2.31. The summed E-state index contributed by atoms with van der Waals surface area (Å²) in [5.41, 5.74) is 2.33. The average molecular weight is 366 g/mol. The van der Waals surface area contributed by atoms with E-state index in [1.54, 1.807) is 11.0 Å². The molecular formula is C22H26N2O3. The predicted octanol–water partition coefficient (Wildman–Crippen LogP) is 2.91. The van der Waals surface area contributed by atoms with Crippen molar-refractivity contribution in [2.75, 3.05) is 6.61 Å². The molecule has 0 aromatic heterocycles. The van der Waals surface area contributed by atoms with Crippen molar-refractivity contribution >= 4 is 11.8 Å². The van der Waals surface area contributed by atoms with Crippen LogP contribution in [0.5, 0.6) is 0 Å². The molecule has 27 heavy (non-hydrogen) atoms. The number of nitrogens with one attached hydrogen (secondary N) is 1. The lowest BCUT2D eigenvalue weighted by Gasteiger charge is -2.30. The SMILES string of the molecule is CCC(C)C(CO)NC(=O)C(c1ccccc1)N1Cc2ccccc2C1=O. The monoisotopic (exact) mass is 366 g/mol. The Labute approximate surface area is 160 Å². The van der Waals surface area contributed by atoms with E-state index in [1.165, 1.54) is 0 Å². The number of hydrogen-bond donors (Lipinski definition) is 2. The number of carbonyl (C=O) groups is 2. The van der Waals surface area contributed by atoms with Crippen LogP contribution in [0.2, 0.25) is 0 Å². The van der Waals surface area contributed by atoms with Gasteiger partial charge in [0.15, 0.2) is 0 Å². The van der Waals surface area contributed by atoms with Crippen molar-refractivity contribution in [3.63, 3.8) is 0 Å². The van der Waals surface area contributed by atoms with E-state index in [0.717, 1.165) is 17.5 Å². The minimum Gasteiger partial charge on any atom is -0.394 e. The van der Waals surface area contributed by atoms with Crippen LogP contribution in [0.25, 0.3) is 0 Å². The number of fused-ring (bicyclic) bond motifs is 1. The van der Waals surface area contributed by atoms with Crippen molar-refractivity contribution in [3.8, 4) is 0 Å². The maximum atomic E-state index is 13.2. The van der Waals surface area contributed by atoms with Gasteiger partial charge in [-0.1, -0.05) is 68.8 Å². The summed E-state index contributed by atoms with van der Waals surface area (Å²) >= 11 is 0. The highest BCUT2D eigenvalue weighted by Gasteiger charge is 2.38. The number of aliphatic hydroxyl groups excluding tert-OH is 1. The summed E-state index contributed by atoms with van der Waals surface area (Å²) in [6, 6.07) is 15.7. The van der Waals surface area contributed by atoms with Crippen LogP contribution < -0.4 is 5.32 Å². The largest absolute Gasteiger partial charge is 0.394 e. The molecule has 0 saturated carbocycles. The molecular weight excluding hydrogens is 340 g/mol. The number of carbonyl (C=O) groups excluding carboxylic acids is 2. The van der Waals surface area contributed by atoms with E-state index < -0.39 is 6.04 Å². The molecule has 2 amide bonds. The van der Waals surface area contributed by atoms with Crippen molar-refractivity contribution in [2.45, 2.75) is 38.9 Å². The Bertz CT molecular complexity index is 806. The first kappa shape index (κ1) is 19.1. The first-order valence-corrected chi connectivity index (χ1v) is 9.41. The van der Waals surface area contributed by atoms with Gasteiger partial charge in [-0.3, -0.25) is 9.59 Å². The molecule has 2 aromatic rings. The van der Waals surface area contributed by atoms with Crippen molar-refractivity contribution in [1.29, 1.82) is 0 Å². The summed E-state index contributed by atoms with van der Waals surface area (Å²) in [6.45, 7) is 4.29. The fraction of sp³-hybridized carbons (Fsp3) is 0.364. The van der Waals surface area contributed by atoms with Gasteiger partial charge >= 0.3 is 0 Å². The van der Waals surface area contributed by atoms with Crippen LogP contribution in [0.15, 0.2) is 54.6 Å². The number of amides is 2. The van der Waals surface area contributed by atoms with Crippen molar-refractivity contribution < 1.29 is 14.7 Å². The zero-order valence-electron chi connectivity index (χ0n) is 15.8. The molecule has 3 unspecified atom stereocenters. The van der Waals surface area contributed by atoms with E-state index in [9.17, 15) is 14.7 Å². The number of rotatable bonds is 7. The van der Waals surface area contributed by atoms with Gasteiger partial charge in [-0.25, -0.2) is 0 Å². The van der Waals surface area contributed by atoms with Gasteiger partial charge in [0.05, 0.1) is 12.6 Å². The smallest absolute Gasteiger partial charge is 0.255 e.